The second kappa shape index (κ2) is 10.3. The van der Waals surface area contributed by atoms with Gasteiger partial charge in [-0.15, -0.1) is 0 Å². The number of anilines is 1. The number of aromatic nitrogens is 2. The maximum absolute atomic E-state index is 13.0. The van der Waals surface area contributed by atoms with Crippen molar-refractivity contribution in [2.75, 3.05) is 12.4 Å². The fourth-order valence-corrected chi connectivity index (χ4v) is 3.81. The van der Waals surface area contributed by atoms with E-state index in [1.165, 1.54) is 11.1 Å². The largest absolute Gasteiger partial charge is 0.497 e. The number of rotatable bonds is 8. The zero-order valence-electron chi connectivity index (χ0n) is 20.0. The Labute approximate surface area is 200 Å². The average molecular weight is 456 g/mol. The molecule has 0 atom stereocenters. The first-order valence-electron chi connectivity index (χ1n) is 11.2. The molecule has 6 nitrogen and oxygen atoms in total. The first-order chi connectivity index (χ1) is 16.4. The van der Waals surface area contributed by atoms with E-state index in [0.717, 1.165) is 34.1 Å². The standard InChI is InChI=1S/C28H29N3O3/c1-19-8-5-6-10-24(19)17-31-21(3)27(20(2)30-31)29-28(32)23-11-7-9-22(16-23)18-34-26-14-12-25(33-4)13-15-26/h5-16H,17-18H2,1-4H3,(H,29,32). The number of nitrogens with one attached hydrogen (secondary N) is 1. The van der Waals surface area contributed by atoms with Crippen LogP contribution in [0.5, 0.6) is 11.5 Å². The Morgan fingerprint density at radius 3 is 2.41 bits per heavy atom. The van der Waals surface area contributed by atoms with Crippen molar-refractivity contribution < 1.29 is 14.3 Å². The SMILES string of the molecule is COc1ccc(OCc2cccc(C(=O)Nc3c(C)nn(Cc4ccccc4C)c3C)c2)cc1. The topological polar surface area (TPSA) is 65.4 Å². The van der Waals surface area contributed by atoms with Gasteiger partial charge in [0, 0.05) is 5.56 Å². The van der Waals surface area contributed by atoms with Crippen molar-refractivity contribution in [1.29, 1.82) is 0 Å². The lowest BCUT2D eigenvalue weighted by molar-refractivity contribution is 0.102. The van der Waals surface area contributed by atoms with Crippen molar-refractivity contribution in [1.82, 2.24) is 9.78 Å². The molecule has 4 aromatic rings. The quantitative estimate of drug-likeness (QED) is 0.370. The minimum atomic E-state index is -0.173. The maximum atomic E-state index is 13.0. The minimum Gasteiger partial charge on any atom is -0.497 e. The normalized spacial score (nSPS) is 10.7. The van der Waals surface area contributed by atoms with Crippen LogP contribution < -0.4 is 14.8 Å². The van der Waals surface area contributed by atoms with E-state index in [1.54, 1.807) is 13.2 Å². The van der Waals surface area contributed by atoms with Crippen molar-refractivity contribution in [3.8, 4) is 11.5 Å². The van der Waals surface area contributed by atoms with E-state index in [9.17, 15) is 4.79 Å². The molecule has 1 N–H and O–H groups in total. The molecule has 0 fully saturated rings. The Morgan fingerprint density at radius 2 is 1.68 bits per heavy atom. The van der Waals surface area contributed by atoms with E-state index in [-0.39, 0.29) is 5.91 Å². The molecule has 0 radical (unpaired) electrons. The van der Waals surface area contributed by atoms with Gasteiger partial charge in [0.2, 0.25) is 0 Å². The molecule has 1 amide bonds. The summed E-state index contributed by atoms with van der Waals surface area (Å²) in [6, 6.07) is 23.1. The van der Waals surface area contributed by atoms with Crippen molar-refractivity contribution in [3.05, 3.63) is 106 Å². The fourth-order valence-electron chi connectivity index (χ4n) is 3.81. The second-order valence-corrected chi connectivity index (χ2v) is 8.25. The number of nitrogens with zero attached hydrogens (tertiary/aromatic N) is 2. The molecular formula is C28H29N3O3. The molecule has 174 valence electrons. The predicted octanol–water partition coefficient (Wildman–Crippen LogP) is 5.70. The van der Waals surface area contributed by atoms with Crippen LogP contribution in [-0.4, -0.2) is 22.8 Å². The Bertz CT molecular complexity index is 1290. The summed E-state index contributed by atoms with van der Waals surface area (Å²) in [5, 5.41) is 7.71. The van der Waals surface area contributed by atoms with Crippen molar-refractivity contribution in [2.24, 2.45) is 0 Å². The number of carbonyl (C=O) groups is 1. The van der Waals surface area contributed by atoms with Gasteiger partial charge in [-0.1, -0.05) is 36.4 Å². The lowest BCUT2D eigenvalue weighted by atomic mass is 10.1. The Balaban J connectivity index is 1.44. The molecule has 0 unspecified atom stereocenters. The summed E-state index contributed by atoms with van der Waals surface area (Å²) in [5.74, 6) is 1.34. The Morgan fingerprint density at radius 1 is 0.941 bits per heavy atom. The first kappa shape index (κ1) is 23.1. The van der Waals surface area contributed by atoms with Crippen LogP contribution >= 0.6 is 0 Å². The highest BCUT2D eigenvalue weighted by Crippen LogP contribution is 2.23. The summed E-state index contributed by atoms with van der Waals surface area (Å²) in [7, 11) is 1.63. The minimum absolute atomic E-state index is 0.173. The van der Waals surface area contributed by atoms with Crippen LogP contribution in [0.4, 0.5) is 5.69 Å². The molecule has 34 heavy (non-hydrogen) atoms. The molecule has 3 aromatic carbocycles. The number of methoxy groups -OCH3 is 1. The average Bonchev–Trinajstić information content (AvgIpc) is 3.12. The second-order valence-electron chi connectivity index (χ2n) is 8.25. The van der Waals surface area contributed by atoms with Gasteiger partial charge in [-0.05, 0) is 73.9 Å². The number of amides is 1. The molecule has 0 bridgehead atoms. The highest BCUT2D eigenvalue weighted by atomic mass is 16.5. The van der Waals surface area contributed by atoms with E-state index in [0.29, 0.717) is 18.7 Å². The van der Waals surface area contributed by atoms with E-state index < -0.39 is 0 Å². The van der Waals surface area contributed by atoms with Crippen molar-refractivity contribution in [2.45, 2.75) is 33.9 Å². The van der Waals surface area contributed by atoms with E-state index in [2.05, 4.69) is 29.5 Å². The van der Waals surface area contributed by atoms with Crippen LogP contribution in [0.2, 0.25) is 0 Å². The van der Waals surface area contributed by atoms with Crippen LogP contribution in [0.15, 0.2) is 72.8 Å². The molecular weight excluding hydrogens is 426 g/mol. The summed E-state index contributed by atoms with van der Waals surface area (Å²) in [4.78, 5) is 13.0. The van der Waals surface area contributed by atoms with Crippen LogP contribution in [0, 0.1) is 20.8 Å². The number of aryl methyl sites for hydroxylation is 2. The van der Waals surface area contributed by atoms with Gasteiger partial charge in [0.25, 0.3) is 5.91 Å². The summed E-state index contributed by atoms with van der Waals surface area (Å²) >= 11 is 0. The Hall–Kier alpha value is -4.06. The maximum Gasteiger partial charge on any atom is 0.255 e. The smallest absolute Gasteiger partial charge is 0.255 e. The Kier molecular flexibility index (Phi) is 6.97. The van der Waals surface area contributed by atoms with Gasteiger partial charge in [-0.2, -0.15) is 5.10 Å². The van der Waals surface area contributed by atoms with Gasteiger partial charge >= 0.3 is 0 Å². The summed E-state index contributed by atoms with van der Waals surface area (Å²) < 4.78 is 13.0. The highest BCUT2D eigenvalue weighted by molar-refractivity contribution is 6.05. The molecule has 0 saturated heterocycles. The van der Waals surface area contributed by atoms with Gasteiger partial charge < -0.3 is 14.8 Å². The molecule has 0 aliphatic carbocycles. The molecule has 1 aromatic heterocycles. The highest BCUT2D eigenvalue weighted by Gasteiger charge is 2.16. The lowest BCUT2D eigenvalue weighted by Gasteiger charge is -2.10. The van der Waals surface area contributed by atoms with Crippen molar-refractivity contribution >= 4 is 11.6 Å². The van der Waals surface area contributed by atoms with Crippen molar-refractivity contribution in [3.63, 3.8) is 0 Å². The summed E-state index contributed by atoms with van der Waals surface area (Å²) in [5.41, 5.74) is 6.36. The first-order valence-corrected chi connectivity index (χ1v) is 11.2. The molecule has 0 saturated carbocycles. The summed E-state index contributed by atoms with van der Waals surface area (Å²) in [6.45, 7) is 7.01. The van der Waals surface area contributed by atoms with Crippen LogP contribution in [0.1, 0.15) is 38.4 Å². The van der Waals surface area contributed by atoms with Crippen LogP contribution in [0.25, 0.3) is 0 Å². The predicted molar refractivity (Wildman–Crippen MR) is 134 cm³/mol. The van der Waals surface area contributed by atoms with Gasteiger partial charge in [0.1, 0.15) is 18.1 Å². The molecule has 0 aliphatic rings. The molecule has 4 rings (SSSR count). The number of benzene rings is 3. The van der Waals surface area contributed by atoms with Gasteiger partial charge in [0.15, 0.2) is 0 Å². The third-order valence-corrected chi connectivity index (χ3v) is 5.86. The lowest BCUT2D eigenvalue weighted by Crippen LogP contribution is -2.14. The monoisotopic (exact) mass is 455 g/mol. The van der Waals surface area contributed by atoms with Crippen LogP contribution in [0.3, 0.4) is 0 Å². The van der Waals surface area contributed by atoms with Gasteiger partial charge in [-0.25, -0.2) is 0 Å². The molecule has 0 spiro atoms. The summed E-state index contributed by atoms with van der Waals surface area (Å²) in [6.07, 6.45) is 0. The van der Waals surface area contributed by atoms with E-state index in [4.69, 9.17) is 9.47 Å². The number of carbonyl (C=O) groups excluding carboxylic acids is 1. The third-order valence-electron chi connectivity index (χ3n) is 5.86. The fraction of sp³-hybridized carbons (Fsp3) is 0.214. The molecule has 0 aliphatic heterocycles. The number of hydrogen-bond donors (Lipinski definition) is 1. The van der Waals surface area contributed by atoms with Gasteiger partial charge in [-0.3, -0.25) is 9.48 Å². The zero-order valence-corrected chi connectivity index (χ0v) is 20.0. The van der Waals surface area contributed by atoms with E-state index >= 15 is 0 Å². The van der Waals surface area contributed by atoms with E-state index in [1.807, 2.05) is 73.1 Å². The van der Waals surface area contributed by atoms with Crippen LogP contribution in [-0.2, 0) is 13.2 Å². The third kappa shape index (κ3) is 5.29. The number of hydrogen-bond acceptors (Lipinski definition) is 4. The zero-order chi connectivity index (χ0) is 24.1. The molecule has 1 heterocycles. The molecule has 6 heteroatoms. The van der Waals surface area contributed by atoms with Gasteiger partial charge in [0.05, 0.1) is 30.7 Å². The number of ether oxygens (including phenoxy) is 2.